The molecule has 0 spiro atoms. The number of para-hydroxylation sites is 1. The van der Waals surface area contributed by atoms with Crippen LogP contribution in [0.2, 0.25) is 0 Å². The third kappa shape index (κ3) is 2.97. The largest absolute Gasteiger partial charge is 0.507 e. The van der Waals surface area contributed by atoms with Crippen molar-refractivity contribution in [2.45, 2.75) is 12.5 Å². The van der Waals surface area contributed by atoms with Gasteiger partial charge in [0.25, 0.3) is 0 Å². The van der Waals surface area contributed by atoms with Crippen molar-refractivity contribution in [3.05, 3.63) is 48.3 Å². The fraction of sp³-hybridized carbons (Fsp3) is 0.300. The van der Waals surface area contributed by atoms with Gasteiger partial charge in [-0.3, -0.25) is 0 Å². The minimum absolute atomic E-state index is 0.154. The summed E-state index contributed by atoms with van der Waals surface area (Å²) in [5.74, 6) is 0.627. The van der Waals surface area contributed by atoms with Crippen LogP contribution in [0.15, 0.2) is 42.5 Å². The standard InChI is InChI=1S/C20H21FN4O/c1-24(2)14-9-10-25(12-14)20-15-5-3-4-6-17(15)22-19(23-20)16-8-7-13(21)11-18(16)26/h3-8,11,14,26H,9-10,12H2,1-2H3/t14-/m1/s1. The lowest BCUT2D eigenvalue weighted by Gasteiger charge is -2.22. The Labute approximate surface area is 151 Å². The van der Waals surface area contributed by atoms with E-state index in [9.17, 15) is 9.50 Å². The summed E-state index contributed by atoms with van der Waals surface area (Å²) in [5, 5.41) is 11.1. The van der Waals surface area contributed by atoms with Crippen molar-refractivity contribution in [2.75, 3.05) is 32.1 Å². The highest BCUT2D eigenvalue weighted by Gasteiger charge is 2.27. The number of hydrogen-bond acceptors (Lipinski definition) is 5. The lowest BCUT2D eigenvalue weighted by atomic mass is 10.1. The van der Waals surface area contributed by atoms with Crippen molar-refractivity contribution in [3.8, 4) is 17.1 Å². The van der Waals surface area contributed by atoms with E-state index < -0.39 is 5.82 Å². The monoisotopic (exact) mass is 352 g/mol. The fourth-order valence-electron chi connectivity index (χ4n) is 3.47. The summed E-state index contributed by atoms with van der Waals surface area (Å²) in [7, 11) is 4.18. The number of benzene rings is 2. The van der Waals surface area contributed by atoms with Crippen LogP contribution in [0, 0.1) is 5.82 Å². The summed E-state index contributed by atoms with van der Waals surface area (Å²) < 4.78 is 13.3. The second-order valence-corrected chi connectivity index (χ2v) is 6.90. The molecule has 1 aliphatic rings. The van der Waals surface area contributed by atoms with Crippen LogP contribution in [0.25, 0.3) is 22.3 Å². The van der Waals surface area contributed by atoms with E-state index in [1.165, 1.54) is 12.1 Å². The molecule has 5 nitrogen and oxygen atoms in total. The van der Waals surface area contributed by atoms with Crippen LogP contribution in [0.5, 0.6) is 5.75 Å². The van der Waals surface area contributed by atoms with Gasteiger partial charge in [0.1, 0.15) is 17.4 Å². The second-order valence-electron chi connectivity index (χ2n) is 6.90. The molecule has 26 heavy (non-hydrogen) atoms. The second kappa shape index (κ2) is 6.53. The summed E-state index contributed by atoms with van der Waals surface area (Å²) in [6.45, 7) is 1.81. The number of nitrogens with zero attached hydrogens (tertiary/aromatic N) is 4. The van der Waals surface area contributed by atoms with Gasteiger partial charge in [-0.1, -0.05) is 12.1 Å². The van der Waals surface area contributed by atoms with Crippen LogP contribution in [0.3, 0.4) is 0 Å². The molecular weight excluding hydrogens is 331 g/mol. The fourth-order valence-corrected chi connectivity index (χ4v) is 3.47. The van der Waals surface area contributed by atoms with Gasteiger partial charge in [-0.2, -0.15) is 0 Å². The Balaban J connectivity index is 1.84. The Hall–Kier alpha value is -2.73. The molecule has 1 atom stereocenters. The van der Waals surface area contributed by atoms with Gasteiger partial charge in [-0.15, -0.1) is 0 Å². The highest BCUT2D eigenvalue weighted by Crippen LogP contribution is 2.33. The topological polar surface area (TPSA) is 52.5 Å². The number of phenolic OH excluding ortho intramolecular Hbond substituents is 1. The average molecular weight is 352 g/mol. The van der Waals surface area contributed by atoms with E-state index in [0.717, 1.165) is 42.3 Å². The molecule has 6 heteroatoms. The molecule has 0 saturated carbocycles. The Morgan fingerprint density at radius 2 is 1.96 bits per heavy atom. The lowest BCUT2D eigenvalue weighted by molar-refractivity contribution is 0.315. The number of halogens is 1. The lowest BCUT2D eigenvalue weighted by Crippen LogP contribution is -2.31. The van der Waals surface area contributed by atoms with Crippen molar-refractivity contribution >= 4 is 16.7 Å². The molecular formula is C20H21FN4O. The Kier molecular flexibility index (Phi) is 4.20. The molecule has 1 N–H and O–H groups in total. The van der Waals surface area contributed by atoms with Crippen LogP contribution in [0.4, 0.5) is 10.2 Å². The molecule has 134 valence electrons. The molecule has 0 unspecified atom stereocenters. The maximum atomic E-state index is 13.3. The van der Waals surface area contributed by atoms with E-state index in [-0.39, 0.29) is 5.75 Å². The molecule has 0 radical (unpaired) electrons. The molecule has 4 rings (SSSR count). The molecule has 2 heterocycles. The Morgan fingerprint density at radius 1 is 1.15 bits per heavy atom. The average Bonchev–Trinajstić information content (AvgIpc) is 3.11. The Bertz CT molecular complexity index is 960. The van der Waals surface area contributed by atoms with Crippen molar-refractivity contribution < 1.29 is 9.50 Å². The molecule has 3 aromatic rings. The van der Waals surface area contributed by atoms with Crippen molar-refractivity contribution in [1.82, 2.24) is 14.9 Å². The van der Waals surface area contributed by atoms with Crippen LogP contribution in [0.1, 0.15) is 6.42 Å². The smallest absolute Gasteiger partial charge is 0.165 e. The molecule has 2 aromatic carbocycles. The normalized spacial score (nSPS) is 17.4. The number of likely N-dealkylation sites (N-methyl/N-ethyl adjacent to an activating group) is 1. The van der Waals surface area contributed by atoms with E-state index in [1.807, 2.05) is 24.3 Å². The van der Waals surface area contributed by atoms with Crippen LogP contribution in [-0.4, -0.2) is 53.2 Å². The van der Waals surface area contributed by atoms with Crippen LogP contribution >= 0.6 is 0 Å². The number of fused-ring (bicyclic) bond motifs is 1. The third-order valence-corrected chi connectivity index (χ3v) is 4.98. The zero-order chi connectivity index (χ0) is 18.3. The predicted molar refractivity (Wildman–Crippen MR) is 101 cm³/mol. The molecule has 1 saturated heterocycles. The summed E-state index contributed by atoms with van der Waals surface area (Å²) in [6, 6.07) is 12.3. The van der Waals surface area contributed by atoms with Gasteiger partial charge in [0.05, 0.1) is 11.1 Å². The Morgan fingerprint density at radius 3 is 2.69 bits per heavy atom. The van der Waals surface area contributed by atoms with E-state index in [0.29, 0.717) is 17.4 Å². The number of rotatable bonds is 3. The number of hydrogen-bond donors (Lipinski definition) is 1. The van der Waals surface area contributed by atoms with Crippen LogP contribution < -0.4 is 4.90 Å². The highest BCUT2D eigenvalue weighted by molar-refractivity contribution is 5.91. The van der Waals surface area contributed by atoms with Gasteiger partial charge in [0.2, 0.25) is 0 Å². The number of aromatic nitrogens is 2. The molecule has 0 amide bonds. The number of aromatic hydroxyl groups is 1. The van der Waals surface area contributed by atoms with Gasteiger partial charge in [-0.05, 0) is 44.8 Å². The summed E-state index contributed by atoms with van der Waals surface area (Å²) in [4.78, 5) is 13.8. The molecule has 1 aromatic heterocycles. The first-order valence-corrected chi connectivity index (χ1v) is 8.70. The van der Waals surface area contributed by atoms with E-state index in [1.54, 1.807) is 0 Å². The van der Waals surface area contributed by atoms with Crippen molar-refractivity contribution in [1.29, 1.82) is 0 Å². The maximum absolute atomic E-state index is 13.3. The predicted octanol–water partition coefficient (Wildman–Crippen LogP) is 3.28. The van der Waals surface area contributed by atoms with Gasteiger partial charge in [0, 0.05) is 30.6 Å². The summed E-state index contributed by atoms with van der Waals surface area (Å²) in [5.41, 5.74) is 1.24. The SMILES string of the molecule is CN(C)[C@@H]1CCN(c2nc(-c3ccc(F)cc3O)nc3ccccc23)C1. The molecule has 0 bridgehead atoms. The van der Waals surface area contributed by atoms with Crippen molar-refractivity contribution in [2.24, 2.45) is 0 Å². The first-order valence-electron chi connectivity index (χ1n) is 8.70. The van der Waals surface area contributed by atoms with E-state index in [4.69, 9.17) is 4.98 Å². The van der Waals surface area contributed by atoms with Gasteiger partial charge in [-0.25, -0.2) is 14.4 Å². The summed E-state index contributed by atoms with van der Waals surface area (Å²) >= 11 is 0. The summed E-state index contributed by atoms with van der Waals surface area (Å²) in [6.07, 6.45) is 1.07. The maximum Gasteiger partial charge on any atom is 0.165 e. The van der Waals surface area contributed by atoms with E-state index >= 15 is 0 Å². The minimum atomic E-state index is -0.486. The third-order valence-electron chi connectivity index (χ3n) is 4.98. The van der Waals surface area contributed by atoms with Gasteiger partial charge >= 0.3 is 0 Å². The number of anilines is 1. The molecule has 0 aliphatic carbocycles. The molecule has 1 fully saturated rings. The zero-order valence-corrected chi connectivity index (χ0v) is 14.9. The first kappa shape index (κ1) is 16.7. The van der Waals surface area contributed by atoms with Crippen molar-refractivity contribution in [3.63, 3.8) is 0 Å². The van der Waals surface area contributed by atoms with Crippen LogP contribution in [-0.2, 0) is 0 Å². The quantitative estimate of drug-likeness (QED) is 0.784. The number of phenols is 1. The highest BCUT2D eigenvalue weighted by atomic mass is 19.1. The zero-order valence-electron chi connectivity index (χ0n) is 14.9. The van der Waals surface area contributed by atoms with Gasteiger partial charge in [0.15, 0.2) is 5.82 Å². The minimum Gasteiger partial charge on any atom is -0.507 e. The van der Waals surface area contributed by atoms with E-state index in [2.05, 4.69) is 28.9 Å². The first-order chi connectivity index (χ1) is 12.5. The molecule has 1 aliphatic heterocycles. The van der Waals surface area contributed by atoms with Gasteiger partial charge < -0.3 is 14.9 Å².